The van der Waals surface area contributed by atoms with Gasteiger partial charge in [0.05, 0.1) is 18.1 Å². The van der Waals surface area contributed by atoms with Crippen LogP contribution in [-0.4, -0.2) is 41.1 Å². The molecular formula is C9H11F2N3O3. The van der Waals surface area contributed by atoms with Gasteiger partial charge in [-0.1, -0.05) is 0 Å². The lowest BCUT2D eigenvalue weighted by Crippen LogP contribution is -2.32. The number of nitro groups is 1. The summed E-state index contributed by atoms with van der Waals surface area (Å²) in [6.07, 6.45) is -1.39. The second-order valence-corrected chi connectivity index (χ2v) is 3.16. The lowest BCUT2D eigenvalue weighted by molar-refractivity contribution is -0.384. The van der Waals surface area contributed by atoms with Gasteiger partial charge in [0.1, 0.15) is 0 Å². The summed E-state index contributed by atoms with van der Waals surface area (Å²) < 4.78 is 24.6. The Morgan fingerprint density at radius 1 is 1.59 bits per heavy atom. The van der Waals surface area contributed by atoms with E-state index in [1.165, 1.54) is 18.3 Å². The molecule has 1 heterocycles. The number of hydrogen-bond acceptors (Lipinski definition) is 5. The van der Waals surface area contributed by atoms with Crippen molar-refractivity contribution in [2.45, 2.75) is 6.43 Å². The first-order valence-corrected chi connectivity index (χ1v) is 4.79. The van der Waals surface area contributed by atoms with Crippen LogP contribution >= 0.6 is 0 Å². The van der Waals surface area contributed by atoms with Crippen molar-refractivity contribution in [2.24, 2.45) is 0 Å². The van der Waals surface area contributed by atoms with Gasteiger partial charge in [-0.25, -0.2) is 13.8 Å². The summed E-state index contributed by atoms with van der Waals surface area (Å²) in [5.41, 5.74) is -0.360. The first-order chi connectivity index (χ1) is 8.06. The molecule has 0 aliphatic carbocycles. The van der Waals surface area contributed by atoms with Crippen molar-refractivity contribution < 1.29 is 18.8 Å². The molecule has 1 rings (SSSR count). The van der Waals surface area contributed by atoms with E-state index in [1.807, 2.05) is 0 Å². The Kier molecular flexibility index (Phi) is 4.70. The van der Waals surface area contributed by atoms with Gasteiger partial charge in [-0.05, 0) is 6.07 Å². The van der Waals surface area contributed by atoms with Crippen LogP contribution in [0.1, 0.15) is 0 Å². The summed E-state index contributed by atoms with van der Waals surface area (Å²) in [5, 5.41) is 19.5. The minimum Gasteiger partial charge on any atom is -0.395 e. The largest absolute Gasteiger partial charge is 0.395 e. The summed E-state index contributed by atoms with van der Waals surface area (Å²) in [4.78, 5) is 14.7. The molecule has 0 saturated carbocycles. The van der Waals surface area contributed by atoms with Crippen molar-refractivity contribution in [2.75, 3.05) is 24.6 Å². The molecule has 0 atom stereocenters. The molecule has 94 valence electrons. The summed E-state index contributed by atoms with van der Waals surface area (Å²) in [5.74, 6) is -0.160. The SMILES string of the molecule is O=[N+]([O-])c1cccnc1N(CCO)CC(F)F. The highest BCUT2D eigenvalue weighted by molar-refractivity contribution is 5.57. The van der Waals surface area contributed by atoms with Crippen LogP contribution < -0.4 is 4.90 Å². The monoisotopic (exact) mass is 247 g/mol. The number of rotatable bonds is 6. The van der Waals surface area contributed by atoms with Gasteiger partial charge in [-0.15, -0.1) is 0 Å². The normalized spacial score (nSPS) is 10.6. The van der Waals surface area contributed by atoms with Crippen molar-refractivity contribution in [3.05, 3.63) is 28.4 Å². The Bertz CT molecular complexity index is 390. The van der Waals surface area contributed by atoms with Crippen LogP contribution in [0.4, 0.5) is 20.3 Å². The van der Waals surface area contributed by atoms with E-state index in [9.17, 15) is 18.9 Å². The minimum absolute atomic E-state index is 0.137. The Labute approximate surface area is 95.6 Å². The average molecular weight is 247 g/mol. The fourth-order valence-electron chi connectivity index (χ4n) is 1.35. The molecule has 0 amide bonds. The van der Waals surface area contributed by atoms with Gasteiger partial charge in [-0.2, -0.15) is 0 Å². The van der Waals surface area contributed by atoms with Gasteiger partial charge in [0.15, 0.2) is 0 Å². The standard InChI is InChI=1S/C9H11F2N3O3/c10-8(11)6-13(4-5-15)9-7(14(16)17)2-1-3-12-9/h1-3,8,15H,4-6H2. The number of alkyl halides is 2. The van der Waals surface area contributed by atoms with Crippen molar-refractivity contribution in [3.8, 4) is 0 Å². The lowest BCUT2D eigenvalue weighted by Gasteiger charge is -2.21. The third kappa shape index (κ3) is 3.59. The van der Waals surface area contributed by atoms with Gasteiger partial charge in [-0.3, -0.25) is 10.1 Å². The van der Waals surface area contributed by atoms with Gasteiger partial charge in [0, 0.05) is 18.8 Å². The number of pyridine rings is 1. The van der Waals surface area contributed by atoms with E-state index in [4.69, 9.17) is 5.11 Å². The number of anilines is 1. The minimum atomic E-state index is -2.66. The van der Waals surface area contributed by atoms with E-state index < -0.39 is 17.9 Å². The Hall–Kier alpha value is -1.83. The van der Waals surface area contributed by atoms with Crippen molar-refractivity contribution in [3.63, 3.8) is 0 Å². The molecule has 8 heteroatoms. The van der Waals surface area contributed by atoms with E-state index in [-0.39, 0.29) is 24.7 Å². The number of aliphatic hydroxyl groups is 1. The van der Waals surface area contributed by atoms with Crippen LogP contribution in [0.25, 0.3) is 0 Å². The molecule has 0 aliphatic rings. The zero-order chi connectivity index (χ0) is 12.8. The zero-order valence-corrected chi connectivity index (χ0v) is 8.79. The van der Waals surface area contributed by atoms with Crippen LogP contribution in [-0.2, 0) is 0 Å². The second kappa shape index (κ2) is 6.04. The highest BCUT2D eigenvalue weighted by Gasteiger charge is 2.22. The maximum absolute atomic E-state index is 12.3. The summed E-state index contributed by atoms with van der Waals surface area (Å²) in [7, 11) is 0. The molecule has 1 aromatic rings. The molecule has 0 unspecified atom stereocenters. The Morgan fingerprint density at radius 2 is 2.29 bits per heavy atom. The number of aliphatic hydroxyl groups excluding tert-OH is 1. The van der Waals surface area contributed by atoms with Gasteiger partial charge < -0.3 is 10.0 Å². The third-order valence-corrected chi connectivity index (χ3v) is 1.99. The molecular weight excluding hydrogens is 236 g/mol. The molecule has 0 fully saturated rings. The van der Waals surface area contributed by atoms with Crippen LogP contribution in [0.3, 0.4) is 0 Å². The summed E-state index contributed by atoms with van der Waals surface area (Å²) >= 11 is 0. The number of hydrogen-bond donors (Lipinski definition) is 1. The maximum atomic E-state index is 12.3. The van der Waals surface area contributed by atoms with Crippen LogP contribution in [0.15, 0.2) is 18.3 Å². The highest BCUT2D eigenvalue weighted by Crippen LogP contribution is 2.25. The molecule has 0 saturated heterocycles. The van der Waals surface area contributed by atoms with Gasteiger partial charge in [0.2, 0.25) is 5.82 Å². The third-order valence-electron chi connectivity index (χ3n) is 1.99. The molecule has 6 nitrogen and oxygen atoms in total. The zero-order valence-electron chi connectivity index (χ0n) is 8.79. The number of nitrogens with zero attached hydrogens (tertiary/aromatic N) is 3. The van der Waals surface area contributed by atoms with Crippen LogP contribution in [0.2, 0.25) is 0 Å². The quantitative estimate of drug-likeness (QED) is 0.600. The van der Waals surface area contributed by atoms with E-state index in [1.54, 1.807) is 0 Å². The maximum Gasteiger partial charge on any atom is 0.311 e. The van der Waals surface area contributed by atoms with E-state index in [0.717, 1.165) is 4.90 Å². The number of aromatic nitrogens is 1. The molecule has 1 aromatic heterocycles. The predicted molar refractivity (Wildman–Crippen MR) is 56.2 cm³/mol. The lowest BCUT2D eigenvalue weighted by atomic mass is 10.3. The first kappa shape index (κ1) is 13.2. The summed E-state index contributed by atoms with van der Waals surface area (Å²) in [6, 6.07) is 2.53. The predicted octanol–water partition coefficient (Wildman–Crippen LogP) is 1.05. The smallest absolute Gasteiger partial charge is 0.311 e. The molecule has 0 aromatic carbocycles. The van der Waals surface area contributed by atoms with E-state index >= 15 is 0 Å². The second-order valence-electron chi connectivity index (χ2n) is 3.16. The fourth-order valence-corrected chi connectivity index (χ4v) is 1.35. The Balaban J connectivity index is 3.04. The average Bonchev–Trinajstić information content (AvgIpc) is 2.28. The Morgan fingerprint density at radius 3 is 2.82 bits per heavy atom. The molecule has 0 radical (unpaired) electrons. The van der Waals surface area contributed by atoms with E-state index in [0.29, 0.717) is 0 Å². The fraction of sp³-hybridized carbons (Fsp3) is 0.444. The highest BCUT2D eigenvalue weighted by atomic mass is 19.3. The molecule has 17 heavy (non-hydrogen) atoms. The summed E-state index contributed by atoms with van der Waals surface area (Å²) in [6.45, 7) is -1.24. The first-order valence-electron chi connectivity index (χ1n) is 4.79. The molecule has 0 aliphatic heterocycles. The molecule has 1 N–H and O–H groups in total. The number of halogens is 2. The molecule has 0 bridgehead atoms. The van der Waals surface area contributed by atoms with Crippen LogP contribution in [0.5, 0.6) is 0 Å². The van der Waals surface area contributed by atoms with E-state index in [2.05, 4.69) is 4.98 Å². The van der Waals surface area contributed by atoms with Crippen LogP contribution in [0, 0.1) is 10.1 Å². The van der Waals surface area contributed by atoms with Crippen molar-refractivity contribution >= 4 is 11.5 Å². The van der Waals surface area contributed by atoms with Crippen molar-refractivity contribution in [1.29, 1.82) is 0 Å². The topological polar surface area (TPSA) is 79.5 Å². The van der Waals surface area contributed by atoms with Gasteiger partial charge >= 0.3 is 5.69 Å². The molecule has 0 spiro atoms. The van der Waals surface area contributed by atoms with Gasteiger partial charge in [0.25, 0.3) is 6.43 Å². The van der Waals surface area contributed by atoms with Crippen molar-refractivity contribution in [1.82, 2.24) is 4.98 Å².